The first-order chi connectivity index (χ1) is 3.80. The number of allylic oxidation sites excluding steroid dienone is 1. The average Bonchev–Trinajstić information content (AvgIpc) is 2.12. The Balaban J connectivity index is 2.64. The molecule has 1 heterocycles. The molecule has 0 amide bonds. The van der Waals surface area contributed by atoms with Crippen molar-refractivity contribution in [1.29, 1.82) is 0 Å². The summed E-state index contributed by atoms with van der Waals surface area (Å²) in [4.78, 5) is 13.6. The summed E-state index contributed by atoms with van der Waals surface area (Å²) in [6.45, 7) is 0. The fraction of sp³-hybridized carbons (Fsp3) is 0.200. The van der Waals surface area contributed by atoms with Crippen LogP contribution in [0.3, 0.4) is 0 Å². The Hall–Kier alpha value is -1.12. The van der Waals surface area contributed by atoms with Crippen LogP contribution in [0.15, 0.2) is 17.3 Å². The molecular weight excluding hydrogens is 106 g/mol. The smallest absolute Gasteiger partial charge is 0.350 e. The molecule has 0 aliphatic carbocycles. The molecule has 0 bridgehead atoms. The third kappa shape index (κ3) is 0.753. The number of nitrogens with zero attached hydrogens (tertiary/aromatic N) is 1. The van der Waals surface area contributed by atoms with E-state index in [-0.39, 0.29) is 5.71 Å². The first kappa shape index (κ1) is 5.03. The van der Waals surface area contributed by atoms with Crippen molar-refractivity contribution in [3.63, 3.8) is 0 Å². The van der Waals surface area contributed by atoms with Crippen LogP contribution in [-0.4, -0.2) is 16.8 Å². The van der Waals surface area contributed by atoms with Gasteiger partial charge >= 0.3 is 5.97 Å². The van der Waals surface area contributed by atoms with E-state index < -0.39 is 5.97 Å². The van der Waals surface area contributed by atoms with E-state index in [9.17, 15) is 4.79 Å². The van der Waals surface area contributed by atoms with Crippen molar-refractivity contribution < 1.29 is 9.90 Å². The molecule has 0 radical (unpaired) electrons. The number of rotatable bonds is 1. The maximum atomic E-state index is 10.0. The van der Waals surface area contributed by atoms with Gasteiger partial charge in [0.15, 0.2) is 0 Å². The summed E-state index contributed by atoms with van der Waals surface area (Å²) in [5.74, 6) is -0.921. The number of carboxylic acid groups (broad SMARTS) is 1. The molecule has 3 nitrogen and oxygen atoms in total. The fourth-order valence-corrected chi connectivity index (χ4v) is 0.502. The molecule has 3 heteroatoms. The van der Waals surface area contributed by atoms with Crippen LogP contribution in [0.1, 0.15) is 6.42 Å². The van der Waals surface area contributed by atoms with Crippen molar-refractivity contribution in [2.75, 3.05) is 0 Å². The monoisotopic (exact) mass is 111 g/mol. The summed E-state index contributed by atoms with van der Waals surface area (Å²) < 4.78 is 0. The van der Waals surface area contributed by atoms with Crippen LogP contribution >= 0.6 is 0 Å². The SMILES string of the molecule is O=C(O)C1=NC=CC1. The molecule has 1 rings (SSSR count). The van der Waals surface area contributed by atoms with Gasteiger partial charge in [-0.3, -0.25) is 4.99 Å². The molecule has 0 spiro atoms. The number of carboxylic acids is 1. The maximum absolute atomic E-state index is 10.0. The third-order valence-corrected chi connectivity index (χ3v) is 0.894. The lowest BCUT2D eigenvalue weighted by Crippen LogP contribution is -2.08. The number of aliphatic imine (C=N–C) groups is 1. The molecule has 0 atom stereocenters. The molecule has 1 N–H and O–H groups in total. The zero-order valence-corrected chi connectivity index (χ0v) is 4.16. The van der Waals surface area contributed by atoms with Gasteiger partial charge in [0.05, 0.1) is 0 Å². The summed E-state index contributed by atoms with van der Waals surface area (Å²) in [6, 6.07) is 0. The molecular formula is C5H5NO2. The lowest BCUT2D eigenvalue weighted by atomic mass is 10.3. The van der Waals surface area contributed by atoms with Gasteiger partial charge in [0, 0.05) is 12.6 Å². The van der Waals surface area contributed by atoms with E-state index >= 15 is 0 Å². The highest BCUT2D eigenvalue weighted by Gasteiger charge is 2.08. The predicted octanol–water partition coefficient (Wildman–Crippen LogP) is 0.429. The number of hydrogen-bond donors (Lipinski definition) is 1. The van der Waals surface area contributed by atoms with Crippen molar-refractivity contribution in [2.45, 2.75) is 6.42 Å². The van der Waals surface area contributed by atoms with E-state index in [2.05, 4.69) is 4.99 Å². The first-order valence-corrected chi connectivity index (χ1v) is 2.25. The van der Waals surface area contributed by atoms with Crippen molar-refractivity contribution in [3.05, 3.63) is 12.3 Å². The Bertz CT molecular complexity index is 169. The molecule has 0 aromatic heterocycles. The second-order valence-corrected chi connectivity index (χ2v) is 1.47. The summed E-state index contributed by atoms with van der Waals surface area (Å²) in [5, 5.41) is 8.24. The second-order valence-electron chi connectivity index (χ2n) is 1.47. The van der Waals surface area contributed by atoms with Gasteiger partial charge in [-0.2, -0.15) is 0 Å². The van der Waals surface area contributed by atoms with Crippen LogP contribution in [0.2, 0.25) is 0 Å². The van der Waals surface area contributed by atoms with Crippen molar-refractivity contribution >= 4 is 11.7 Å². The molecule has 0 unspecified atom stereocenters. The lowest BCUT2D eigenvalue weighted by molar-refractivity contribution is -0.129. The Morgan fingerprint density at radius 2 is 2.62 bits per heavy atom. The van der Waals surface area contributed by atoms with Gasteiger partial charge in [-0.25, -0.2) is 4.79 Å². The molecule has 0 aromatic rings. The minimum atomic E-state index is -0.921. The molecule has 0 saturated heterocycles. The van der Waals surface area contributed by atoms with Gasteiger partial charge in [-0.15, -0.1) is 0 Å². The van der Waals surface area contributed by atoms with E-state index in [0.717, 1.165) is 0 Å². The highest BCUT2D eigenvalue weighted by Crippen LogP contribution is 1.98. The van der Waals surface area contributed by atoms with E-state index in [1.165, 1.54) is 6.20 Å². The Morgan fingerprint density at radius 3 is 2.88 bits per heavy atom. The topological polar surface area (TPSA) is 49.7 Å². The maximum Gasteiger partial charge on any atom is 0.350 e. The molecule has 0 saturated carbocycles. The molecule has 8 heavy (non-hydrogen) atoms. The van der Waals surface area contributed by atoms with E-state index in [1.54, 1.807) is 6.08 Å². The largest absolute Gasteiger partial charge is 0.477 e. The first-order valence-electron chi connectivity index (χ1n) is 2.25. The zero-order chi connectivity index (χ0) is 5.98. The number of aliphatic carboxylic acids is 1. The van der Waals surface area contributed by atoms with Crippen LogP contribution in [-0.2, 0) is 4.79 Å². The van der Waals surface area contributed by atoms with Crippen LogP contribution in [0.5, 0.6) is 0 Å². The van der Waals surface area contributed by atoms with Gasteiger partial charge in [0.1, 0.15) is 5.71 Å². The normalized spacial score (nSPS) is 16.2. The van der Waals surface area contributed by atoms with Crippen LogP contribution in [0.25, 0.3) is 0 Å². The zero-order valence-electron chi connectivity index (χ0n) is 4.16. The Labute approximate surface area is 46.4 Å². The molecule has 0 fully saturated rings. The third-order valence-electron chi connectivity index (χ3n) is 0.894. The van der Waals surface area contributed by atoms with Gasteiger partial charge < -0.3 is 5.11 Å². The van der Waals surface area contributed by atoms with E-state index in [0.29, 0.717) is 6.42 Å². The summed E-state index contributed by atoms with van der Waals surface area (Å²) in [6.07, 6.45) is 3.68. The summed E-state index contributed by atoms with van der Waals surface area (Å²) in [5.41, 5.74) is 0.227. The van der Waals surface area contributed by atoms with Gasteiger partial charge in [0.25, 0.3) is 0 Å². The quantitative estimate of drug-likeness (QED) is 0.533. The van der Waals surface area contributed by atoms with Gasteiger partial charge in [-0.05, 0) is 0 Å². The minimum Gasteiger partial charge on any atom is -0.477 e. The van der Waals surface area contributed by atoms with Crippen LogP contribution < -0.4 is 0 Å². The molecule has 1 aliphatic rings. The molecule has 1 aliphatic heterocycles. The minimum absolute atomic E-state index is 0.227. The summed E-state index contributed by atoms with van der Waals surface area (Å²) >= 11 is 0. The number of hydrogen-bond acceptors (Lipinski definition) is 2. The highest BCUT2D eigenvalue weighted by molar-refractivity contribution is 6.36. The van der Waals surface area contributed by atoms with E-state index in [4.69, 9.17) is 5.11 Å². The molecule has 42 valence electrons. The van der Waals surface area contributed by atoms with E-state index in [1.807, 2.05) is 0 Å². The Morgan fingerprint density at radius 1 is 1.88 bits per heavy atom. The van der Waals surface area contributed by atoms with Crippen molar-refractivity contribution in [2.24, 2.45) is 4.99 Å². The van der Waals surface area contributed by atoms with Crippen LogP contribution in [0.4, 0.5) is 0 Å². The molecule has 0 aromatic carbocycles. The summed E-state index contributed by atoms with van der Waals surface area (Å²) in [7, 11) is 0. The van der Waals surface area contributed by atoms with Gasteiger partial charge in [-0.1, -0.05) is 6.08 Å². The Kier molecular flexibility index (Phi) is 1.12. The van der Waals surface area contributed by atoms with Gasteiger partial charge in [0.2, 0.25) is 0 Å². The van der Waals surface area contributed by atoms with Crippen molar-refractivity contribution in [3.8, 4) is 0 Å². The highest BCUT2D eigenvalue weighted by atomic mass is 16.4. The second kappa shape index (κ2) is 1.78. The average molecular weight is 111 g/mol. The number of carbonyl (C=O) groups is 1. The fourth-order valence-electron chi connectivity index (χ4n) is 0.502. The lowest BCUT2D eigenvalue weighted by Gasteiger charge is -1.84. The van der Waals surface area contributed by atoms with Crippen LogP contribution in [0, 0.1) is 0 Å². The standard InChI is InChI=1S/C5H5NO2/c7-5(8)4-2-1-3-6-4/h1,3H,2H2,(H,7,8). The van der Waals surface area contributed by atoms with Crippen molar-refractivity contribution in [1.82, 2.24) is 0 Å². The predicted molar refractivity (Wildman–Crippen MR) is 28.8 cm³/mol.